The number of rotatable bonds is 6. The van der Waals surface area contributed by atoms with Gasteiger partial charge in [-0.15, -0.1) is 0 Å². The average Bonchev–Trinajstić information content (AvgIpc) is 3.20. The number of hydrogen-bond acceptors (Lipinski definition) is 3. The molecule has 0 amide bonds. The molecule has 1 aromatic carbocycles. The standard InChI is InChI=1S/C15H24N2O2S/c1-11(2)17(4)20(18,19)15-8-5-12(3)13(9-15)10-16-14-6-7-14/h5,8-9,11,14,16H,6-7,10H2,1-4H3. The Bertz CT molecular complexity index is 578. The second-order valence-corrected chi connectivity index (χ2v) is 7.86. The Labute approximate surface area is 122 Å². The van der Waals surface area contributed by atoms with Crippen LogP contribution in [0.4, 0.5) is 0 Å². The van der Waals surface area contributed by atoms with Crippen LogP contribution in [0.3, 0.4) is 0 Å². The zero-order valence-corrected chi connectivity index (χ0v) is 13.5. The number of nitrogens with one attached hydrogen (secondary N) is 1. The molecule has 0 heterocycles. The molecular weight excluding hydrogens is 272 g/mol. The molecule has 5 heteroatoms. The Kier molecular flexibility index (Phi) is 4.52. The molecule has 1 saturated carbocycles. The zero-order valence-electron chi connectivity index (χ0n) is 12.7. The maximum atomic E-state index is 12.5. The lowest BCUT2D eigenvalue weighted by Crippen LogP contribution is -2.33. The first-order chi connectivity index (χ1) is 9.32. The van der Waals surface area contributed by atoms with Crippen LogP contribution in [0.25, 0.3) is 0 Å². The molecule has 0 radical (unpaired) electrons. The van der Waals surface area contributed by atoms with Gasteiger partial charge < -0.3 is 5.32 Å². The van der Waals surface area contributed by atoms with Gasteiger partial charge in [0.15, 0.2) is 0 Å². The van der Waals surface area contributed by atoms with Crippen LogP contribution in [-0.4, -0.2) is 31.9 Å². The fourth-order valence-corrected chi connectivity index (χ4v) is 3.40. The van der Waals surface area contributed by atoms with Crippen molar-refractivity contribution in [2.45, 2.75) is 57.1 Å². The van der Waals surface area contributed by atoms with Crippen LogP contribution in [0.2, 0.25) is 0 Å². The van der Waals surface area contributed by atoms with Gasteiger partial charge in [0, 0.05) is 25.7 Å². The number of nitrogens with zero attached hydrogens (tertiary/aromatic N) is 1. The summed E-state index contributed by atoms with van der Waals surface area (Å²) in [4.78, 5) is 0.381. The van der Waals surface area contributed by atoms with E-state index in [0.29, 0.717) is 10.9 Å². The summed E-state index contributed by atoms with van der Waals surface area (Å²) < 4.78 is 26.4. The molecule has 20 heavy (non-hydrogen) atoms. The summed E-state index contributed by atoms with van der Waals surface area (Å²) >= 11 is 0. The number of benzene rings is 1. The van der Waals surface area contributed by atoms with E-state index in [9.17, 15) is 8.42 Å². The van der Waals surface area contributed by atoms with Gasteiger partial charge in [0.25, 0.3) is 0 Å². The van der Waals surface area contributed by atoms with Crippen molar-refractivity contribution in [2.24, 2.45) is 0 Å². The van der Waals surface area contributed by atoms with Gasteiger partial charge in [0.1, 0.15) is 0 Å². The zero-order chi connectivity index (χ0) is 14.9. The first-order valence-electron chi connectivity index (χ1n) is 7.13. The summed E-state index contributed by atoms with van der Waals surface area (Å²) in [5.41, 5.74) is 2.19. The first-order valence-corrected chi connectivity index (χ1v) is 8.57. The summed E-state index contributed by atoms with van der Waals surface area (Å²) in [6.07, 6.45) is 2.46. The van der Waals surface area contributed by atoms with Gasteiger partial charge in [0.05, 0.1) is 4.90 Å². The van der Waals surface area contributed by atoms with Crippen molar-refractivity contribution >= 4 is 10.0 Å². The minimum Gasteiger partial charge on any atom is -0.310 e. The molecule has 0 aliphatic heterocycles. The molecule has 1 fully saturated rings. The quantitative estimate of drug-likeness (QED) is 0.876. The minimum absolute atomic E-state index is 0.0469. The maximum absolute atomic E-state index is 12.5. The number of aryl methyl sites for hydroxylation is 1. The summed E-state index contributed by atoms with van der Waals surface area (Å²) in [7, 11) is -1.77. The van der Waals surface area contributed by atoms with Gasteiger partial charge >= 0.3 is 0 Å². The van der Waals surface area contributed by atoms with E-state index in [4.69, 9.17) is 0 Å². The van der Waals surface area contributed by atoms with Crippen molar-refractivity contribution in [1.29, 1.82) is 0 Å². The third kappa shape index (κ3) is 3.40. The molecule has 4 nitrogen and oxygen atoms in total. The van der Waals surface area contributed by atoms with Gasteiger partial charge in [-0.05, 0) is 56.9 Å². The van der Waals surface area contributed by atoms with E-state index >= 15 is 0 Å². The van der Waals surface area contributed by atoms with E-state index in [-0.39, 0.29) is 6.04 Å². The second-order valence-electron chi connectivity index (χ2n) is 5.86. The third-order valence-electron chi connectivity index (χ3n) is 3.88. The van der Waals surface area contributed by atoms with Gasteiger partial charge in [-0.2, -0.15) is 4.31 Å². The fraction of sp³-hybridized carbons (Fsp3) is 0.600. The molecule has 112 valence electrons. The van der Waals surface area contributed by atoms with E-state index in [1.54, 1.807) is 19.2 Å². The van der Waals surface area contributed by atoms with Crippen molar-refractivity contribution in [2.75, 3.05) is 7.05 Å². The highest BCUT2D eigenvalue weighted by Gasteiger charge is 2.24. The van der Waals surface area contributed by atoms with Crippen LogP contribution in [0.15, 0.2) is 23.1 Å². The van der Waals surface area contributed by atoms with Crippen LogP contribution in [-0.2, 0) is 16.6 Å². The molecule has 0 aromatic heterocycles. The van der Waals surface area contributed by atoms with E-state index < -0.39 is 10.0 Å². The topological polar surface area (TPSA) is 49.4 Å². The van der Waals surface area contributed by atoms with E-state index in [2.05, 4.69) is 5.32 Å². The highest BCUT2D eigenvalue weighted by Crippen LogP contribution is 2.22. The lowest BCUT2D eigenvalue weighted by Gasteiger charge is -2.21. The number of hydrogen-bond donors (Lipinski definition) is 1. The first kappa shape index (κ1) is 15.5. The van der Waals surface area contributed by atoms with Gasteiger partial charge in [-0.1, -0.05) is 6.07 Å². The van der Waals surface area contributed by atoms with Gasteiger partial charge in [-0.3, -0.25) is 0 Å². The third-order valence-corrected chi connectivity index (χ3v) is 5.91. The molecule has 1 N–H and O–H groups in total. The van der Waals surface area contributed by atoms with Crippen LogP contribution >= 0.6 is 0 Å². The largest absolute Gasteiger partial charge is 0.310 e. The predicted molar refractivity (Wildman–Crippen MR) is 81.1 cm³/mol. The summed E-state index contributed by atoms with van der Waals surface area (Å²) in [5.74, 6) is 0. The van der Waals surface area contributed by atoms with Crippen molar-refractivity contribution in [3.8, 4) is 0 Å². The van der Waals surface area contributed by atoms with E-state index in [1.165, 1.54) is 17.1 Å². The second kappa shape index (κ2) is 5.84. The Morgan fingerprint density at radius 3 is 2.55 bits per heavy atom. The average molecular weight is 296 g/mol. The van der Waals surface area contributed by atoms with Crippen LogP contribution < -0.4 is 5.32 Å². The minimum atomic E-state index is -3.39. The van der Waals surface area contributed by atoms with Crippen molar-refractivity contribution in [1.82, 2.24) is 9.62 Å². The summed E-state index contributed by atoms with van der Waals surface area (Å²) in [6, 6.07) is 5.97. The summed E-state index contributed by atoms with van der Waals surface area (Å²) in [6.45, 7) is 6.51. The highest BCUT2D eigenvalue weighted by atomic mass is 32.2. The SMILES string of the molecule is Cc1ccc(S(=O)(=O)N(C)C(C)C)cc1CNC1CC1. The van der Waals surface area contributed by atoms with Crippen molar-refractivity contribution in [3.63, 3.8) is 0 Å². The predicted octanol–water partition coefficient (Wildman–Crippen LogP) is 2.28. The molecule has 0 atom stereocenters. The Hall–Kier alpha value is -0.910. The molecule has 2 rings (SSSR count). The fourth-order valence-electron chi connectivity index (χ4n) is 1.98. The van der Waals surface area contributed by atoms with Crippen molar-refractivity contribution in [3.05, 3.63) is 29.3 Å². The van der Waals surface area contributed by atoms with E-state index in [1.807, 2.05) is 26.8 Å². The van der Waals surface area contributed by atoms with Crippen LogP contribution in [0.1, 0.15) is 37.8 Å². The number of sulfonamides is 1. The lowest BCUT2D eigenvalue weighted by atomic mass is 10.1. The molecule has 1 aromatic rings. The monoisotopic (exact) mass is 296 g/mol. The lowest BCUT2D eigenvalue weighted by molar-refractivity contribution is 0.410. The highest BCUT2D eigenvalue weighted by molar-refractivity contribution is 7.89. The molecule has 0 saturated heterocycles. The molecule has 0 unspecified atom stereocenters. The maximum Gasteiger partial charge on any atom is 0.243 e. The Morgan fingerprint density at radius 2 is 2.00 bits per heavy atom. The molecule has 1 aliphatic rings. The van der Waals surface area contributed by atoms with Gasteiger partial charge in [0.2, 0.25) is 10.0 Å². The normalized spacial score (nSPS) is 16.1. The summed E-state index contributed by atoms with van der Waals surface area (Å²) in [5, 5.41) is 3.44. The van der Waals surface area contributed by atoms with Crippen LogP contribution in [0.5, 0.6) is 0 Å². The Balaban J connectivity index is 2.25. The molecule has 0 spiro atoms. The molecule has 0 bridgehead atoms. The smallest absolute Gasteiger partial charge is 0.243 e. The van der Waals surface area contributed by atoms with Gasteiger partial charge in [-0.25, -0.2) is 8.42 Å². The molecule has 1 aliphatic carbocycles. The van der Waals surface area contributed by atoms with E-state index in [0.717, 1.165) is 17.7 Å². The molecular formula is C15H24N2O2S. The van der Waals surface area contributed by atoms with Crippen molar-refractivity contribution < 1.29 is 8.42 Å². The van der Waals surface area contributed by atoms with Crippen LogP contribution in [0, 0.1) is 6.92 Å². The Morgan fingerprint density at radius 1 is 1.35 bits per heavy atom.